The van der Waals surface area contributed by atoms with Crippen molar-refractivity contribution in [3.05, 3.63) is 24.3 Å². The molecule has 3 nitrogen and oxygen atoms in total. The van der Waals surface area contributed by atoms with Gasteiger partial charge in [0.25, 0.3) is 0 Å². The second-order valence-corrected chi connectivity index (χ2v) is 4.11. The molecule has 0 radical (unpaired) electrons. The maximum absolute atomic E-state index is 12.6. The number of nitrogens with one attached hydrogen (secondary N) is 1. The average molecular weight is 224 g/mol. The molecule has 0 aromatic carbocycles. The first kappa shape index (κ1) is 11.3. The summed E-state index contributed by atoms with van der Waals surface area (Å²) in [5, 5.41) is 3.34. The molecule has 2 atom stereocenters. The molecule has 1 aromatic heterocycles. The molecule has 1 aliphatic rings. The van der Waals surface area contributed by atoms with Crippen molar-refractivity contribution in [2.45, 2.75) is 38.3 Å². The molecule has 4 heteroatoms. The lowest BCUT2D eigenvalue weighted by molar-refractivity contribution is 0.108. The van der Waals surface area contributed by atoms with E-state index in [9.17, 15) is 4.39 Å². The first-order valence-electron chi connectivity index (χ1n) is 5.81. The van der Waals surface area contributed by atoms with Crippen LogP contribution in [0.5, 0.6) is 5.75 Å². The van der Waals surface area contributed by atoms with Crippen molar-refractivity contribution in [2.24, 2.45) is 0 Å². The van der Waals surface area contributed by atoms with E-state index < -0.39 is 5.95 Å². The summed E-state index contributed by atoms with van der Waals surface area (Å²) >= 11 is 0. The van der Waals surface area contributed by atoms with Crippen LogP contribution in [0.4, 0.5) is 4.39 Å². The first-order valence-corrected chi connectivity index (χ1v) is 5.81. The lowest BCUT2D eigenvalue weighted by Crippen LogP contribution is -2.52. The van der Waals surface area contributed by atoms with Crippen molar-refractivity contribution < 1.29 is 9.13 Å². The number of rotatable bonds is 5. The number of hydrogen-bond acceptors (Lipinski definition) is 3. The zero-order valence-electron chi connectivity index (χ0n) is 9.45. The summed E-state index contributed by atoms with van der Waals surface area (Å²) in [5.41, 5.74) is 0. The molecule has 0 saturated carbocycles. The number of pyridine rings is 1. The highest BCUT2D eigenvalue weighted by Crippen LogP contribution is 2.19. The normalized spacial score (nSPS) is 21.2. The second-order valence-electron chi connectivity index (χ2n) is 4.11. The minimum absolute atomic E-state index is 0.172. The zero-order valence-corrected chi connectivity index (χ0v) is 9.45. The minimum atomic E-state index is -0.471. The van der Waals surface area contributed by atoms with Crippen LogP contribution in [0.25, 0.3) is 0 Å². The lowest BCUT2D eigenvalue weighted by atomic mass is 9.97. The zero-order chi connectivity index (χ0) is 11.4. The Kier molecular flexibility index (Phi) is 3.72. The molecule has 0 aliphatic carbocycles. The van der Waals surface area contributed by atoms with Crippen LogP contribution in [0, 0.1) is 5.95 Å². The van der Waals surface area contributed by atoms with E-state index in [0.717, 1.165) is 25.8 Å². The van der Waals surface area contributed by atoms with Crippen molar-refractivity contribution in [1.29, 1.82) is 0 Å². The van der Waals surface area contributed by atoms with Gasteiger partial charge in [-0.15, -0.1) is 0 Å². The highest BCUT2D eigenvalue weighted by Gasteiger charge is 2.27. The van der Waals surface area contributed by atoms with Gasteiger partial charge in [-0.3, -0.25) is 0 Å². The Labute approximate surface area is 95.0 Å². The van der Waals surface area contributed by atoms with Gasteiger partial charge in [-0.05, 0) is 31.5 Å². The summed E-state index contributed by atoms with van der Waals surface area (Å²) < 4.78 is 18.5. The number of ether oxygens (including phenoxy) is 1. The summed E-state index contributed by atoms with van der Waals surface area (Å²) in [7, 11) is 0. The SMILES string of the molecule is CCCC(Oc1ccc(F)nc1)[C@H]1CCN1. The lowest BCUT2D eigenvalue weighted by Gasteiger charge is -2.35. The molecule has 2 rings (SSSR count). The van der Waals surface area contributed by atoms with Crippen molar-refractivity contribution in [3.63, 3.8) is 0 Å². The van der Waals surface area contributed by atoms with Gasteiger partial charge in [-0.25, -0.2) is 4.98 Å². The van der Waals surface area contributed by atoms with E-state index in [2.05, 4.69) is 17.2 Å². The van der Waals surface area contributed by atoms with Crippen molar-refractivity contribution in [1.82, 2.24) is 10.3 Å². The molecule has 88 valence electrons. The Bertz CT molecular complexity index is 324. The van der Waals surface area contributed by atoms with Crippen LogP contribution in [-0.2, 0) is 0 Å². The van der Waals surface area contributed by atoms with Gasteiger partial charge in [0.15, 0.2) is 0 Å². The Morgan fingerprint density at radius 1 is 1.62 bits per heavy atom. The van der Waals surface area contributed by atoms with E-state index in [1.165, 1.54) is 12.3 Å². The maximum Gasteiger partial charge on any atom is 0.213 e. The Morgan fingerprint density at radius 3 is 2.94 bits per heavy atom. The third-order valence-corrected chi connectivity index (χ3v) is 2.87. The molecule has 0 spiro atoms. The van der Waals surface area contributed by atoms with Gasteiger partial charge in [0, 0.05) is 6.04 Å². The fourth-order valence-electron chi connectivity index (χ4n) is 1.86. The number of hydrogen-bond donors (Lipinski definition) is 1. The van der Waals surface area contributed by atoms with E-state index in [1.807, 2.05) is 0 Å². The molecule has 1 aliphatic heterocycles. The van der Waals surface area contributed by atoms with Crippen LogP contribution in [0.2, 0.25) is 0 Å². The highest BCUT2D eigenvalue weighted by atomic mass is 19.1. The van der Waals surface area contributed by atoms with Gasteiger partial charge in [0.2, 0.25) is 5.95 Å². The number of halogens is 1. The monoisotopic (exact) mass is 224 g/mol. The summed E-state index contributed by atoms with van der Waals surface area (Å²) in [6, 6.07) is 3.39. The predicted molar refractivity (Wildman–Crippen MR) is 59.9 cm³/mol. The van der Waals surface area contributed by atoms with Crippen molar-refractivity contribution >= 4 is 0 Å². The van der Waals surface area contributed by atoms with Gasteiger partial charge in [-0.2, -0.15) is 4.39 Å². The smallest absolute Gasteiger partial charge is 0.213 e. The predicted octanol–water partition coefficient (Wildman–Crippen LogP) is 2.13. The molecule has 2 heterocycles. The van der Waals surface area contributed by atoms with E-state index in [1.54, 1.807) is 6.07 Å². The molecule has 0 bridgehead atoms. The standard InChI is InChI=1S/C12H17FN2O/c1-2-3-11(10-6-7-14-10)16-9-4-5-12(13)15-8-9/h4-5,8,10-11,14H,2-3,6-7H2,1H3/t10-,11?/m1/s1. The van der Waals surface area contributed by atoms with Gasteiger partial charge < -0.3 is 10.1 Å². The molecule has 16 heavy (non-hydrogen) atoms. The molecule has 1 fully saturated rings. The van der Waals surface area contributed by atoms with Gasteiger partial charge in [0.05, 0.1) is 6.20 Å². The van der Waals surface area contributed by atoms with Gasteiger partial charge in [0.1, 0.15) is 11.9 Å². The summed E-state index contributed by atoms with van der Waals surface area (Å²) in [6.45, 7) is 3.20. The molecule has 1 saturated heterocycles. The largest absolute Gasteiger partial charge is 0.487 e. The third-order valence-electron chi connectivity index (χ3n) is 2.87. The van der Waals surface area contributed by atoms with E-state index in [0.29, 0.717) is 11.8 Å². The molecule has 1 N–H and O–H groups in total. The van der Waals surface area contributed by atoms with Crippen molar-refractivity contribution in [2.75, 3.05) is 6.54 Å². The van der Waals surface area contributed by atoms with E-state index in [-0.39, 0.29) is 6.10 Å². The maximum atomic E-state index is 12.6. The third kappa shape index (κ3) is 2.70. The van der Waals surface area contributed by atoms with Crippen LogP contribution in [0.3, 0.4) is 0 Å². The second kappa shape index (κ2) is 5.25. The molecular weight excluding hydrogens is 207 g/mol. The Balaban J connectivity index is 1.96. The number of aromatic nitrogens is 1. The molecule has 0 amide bonds. The topological polar surface area (TPSA) is 34.1 Å². The van der Waals surface area contributed by atoms with Gasteiger partial charge >= 0.3 is 0 Å². The average Bonchev–Trinajstić information content (AvgIpc) is 2.19. The van der Waals surface area contributed by atoms with E-state index in [4.69, 9.17) is 4.74 Å². The first-order chi connectivity index (χ1) is 7.79. The van der Waals surface area contributed by atoms with Gasteiger partial charge in [-0.1, -0.05) is 13.3 Å². The molecule has 1 unspecified atom stereocenters. The fraction of sp³-hybridized carbons (Fsp3) is 0.583. The quantitative estimate of drug-likeness (QED) is 0.778. The van der Waals surface area contributed by atoms with Crippen molar-refractivity contribution in [3.8, 4) is 5.75 Å². The Morgan fingerprint density at radius 2 is 2.44 bits per heavy atom. The summed E-state index contributed by atoms with van der Waals surface area (Å²) in [6.07, 6.45) is 4.86. The van der Waals surface area contributed by atoms with Crippen LogP contribution in [-0.4, -0.2) is 23.7 Å². The minimum Gasteiger partial charge on any atom is -0.487 e. The molecular formula is C12H17FN2O. The fourth-order valence-corrected chi connectivity index (χ4v) is 1.86. The number of nitrogens with zero attached hydrogens (tertiary/aromatic N) is 1. The highest BCUT2D eigenvalue weighted by molar-refractivity contribution is 5.17. The van der Waals surface area contributed by atoms with Crippen LogP contribution >= 0.6 is 0 Å². The van der Waals surface area contributed by atoms with Crippen LogP contribution in [0.1, 0.15) is 26.2 Å². The summed E-state index contributed by atoms with van der Waals surface area (Å²) in [4.78, 5) is 3.58. The van der Waals surface area contributed by atoms with Crippen LogP contribution in [0.15, 0.2) is 18.3 Å². The Hall–Kier alpha value is -1.16. The van der Waals surface area contributed by atoms with E-state index >= 15 is 0 Å². The molecule has 1 aromatic rings. The summed E-state index contributed by atoms with van der Waals surface area (Å²) in [5.74, 6) is 0.176. The van der Waals surface area contributed by atoms with Crippen LogP contribution < -0.4 is 10.1 Å².